The van der Waals surface area contributed by atoms with Gasteiger partial charge in [-0.3, -0.25) is 0 Å². The molecular weight excluding hydrogens is 299 g/mol. The van der Waals surface area contributed by atoms with E-state index in [9.17, 15) is 22.0 Å². The zero-order valence-corrected chi connectivity index (χ0v) is 9.24. The Morgan fingerprint density at radius 1 is 1.38 bits per heavy atom. The van der Waals surface area contributed by atoms with Gasteiger partial charge in [0.1, 0.15) is 5.69 Å². The fraction of sp³-hybridized carbons (Fsp3) is 0.375. The summed E-state index contributed by atoms with van der Waals surface area (Å²) in [6, 6.07) is 0.515. The SMILES string of the molecule is NCc1nc(C(F)(F)F)cc(Br)c1C(F)F. The Morgan fingerprint density at radius 3 is 2.31 bits per heavy atom. The lowest BCUT2D eigenvalue weighted by molar-refractivity contribution is -0.141. The highest BCUT2D eigenvalue weighted by Crippen LogP contribution is 2.35. The molecule has 8 heteroatoms. The first kappa shape index (κ1) is 13.3. The molecule has 0 aliphatic heterocycles. The Hall–Kier alpha value is -0.760. The molecule has 0 aromatic carbocycles. The summed E-state index contributed by atoms with van der Waals surface area (Å²) in [4.78, 5) is 3.08. The molecule has 90 valence electrons. The first-order chi connectivity index (χ1) is 7.27. The van der Waals surface area contributed by atoms with Crippen molar-refractivity contribution in [3.63, 3.8) is 0 Å². The molecule has 0 atom stereocenters. The van der Waals surface area contributed by atoms with Gasteiger partial charge in [-0.1, -0.05) is 15.9 Å². The van der Waals surface area contributed by atoms with Gasteiger partial charge in [-0.2, -0.15) is 13.2 Å². The number of aromatic nitrogens is 1. The number of alkyl halides is 5. The van der Waals surface area contributed by atoms with Crippen molar-refractivity contribution in [1.82, 2.24) is 4.98 Å². The maximum Gasteiger partial charge on any atom is 0.433 e. The number of pyridine rings is 1. The molecule has 0 aliphatic rings. The minimum atomic E-state index is -4.69. The van der Waals surface area contributed by atoms with E-state index in [-0.39, 0.29) is 4.47 Å². The minimum Gasteiger partial charge on any atom is -0.325 e. The second-order valence-corrected chi connectivity index (χ2v) is 3.71. The van der Waals surface area contributed by atoms with Gasteiger partial charge in [0, 0.05) is 11.0 Å². The third kappa shape index (κ3) is 2.67. The molecule has 1 rings (SSSR count). The number of rotatable bonds is 2. The molecule has 0 radical (unpaired) electrons. The first-order valence-corrected chi connectivity index (χ1v) is 4.81. The average Bonchev–Trinajstić information content (AvgIpc) is 2.14. The molecule has 0 fully saturated rings. The predicted octanol–water partition coefficient (Wildman–Crippen LogP) is 3.26. The van der Waals surface area contributed by atoms with Crippen molar-refractivity contribution in [2.75, 3.05) is 0 Å². The van der Waals surface area contributed by atoms with Gasteiger partial charge in [0.25, 0.3) is 6.43 Å². The Labute approximate surface area is 95.8 Å². The molecule has 0 bridgehead atoms. The van der Waals surface area contributed by atoms with Gasteiger partial charge < -0.3 is 5.73 Å². The molecule has 1 aromatic rings. The summed E-state index contributed by atoms with van der Waals surface area (Å²) in [7, 11) is 0. The highest BCUT2D eigenvalue weighted by molar-refractivity contribution is 9.10. The van der Waals surface area contributed by atoms with Gasteiger partial charge in [-0.05, 0) is 6.07 Å². The highest BCUT2D eigenvalue weighted by Gasteiger charge is 2.34. The molecule has 0 spiro atoms. The maximum absolute atomic E-state index is 12.5. The monoisotopic (exact) mass is 304 g/mol. The topological polar surface area (TPSA) is 38.9 Å². The van der Waals surface area contributed by atoms with E-state index in [2.05, 4.69) is 20.9 Å². The molecule has 0 unspecified atom stereocenters. The van der Waals surface area contributed by atoms with Gasteiger partial charge in [-0.25, -0.2) is 13.8 Å². The van der Waals surface area contributed by atoms with Crippen molar-refractivity contribution < 1.29 is 22.0 Å². The predicted molar refractivity (Wildman–Crippen MR) is 49.8 cm³/mol. The number of hydrogen-bond donors (Lipinski definition) is 1. The molecule has 1 heterocycles. The summed E-state index contributed by atoms with van der Waals surface area (Å²) >= 11 is 2.66. The lowest BCUT2D eigenvalue weighted by Gasteiger charge is -2.13. The second kappa shape index (κ2) is 4.62. The third-order valence-corrected chi connectivity index (χ3v) is 2.45. The van der Waals surface area contributed by atoms with Crippen LogP contribution in [0.4, 0.5) is 22.0 Å². The van der Waals surface area contributed by atoms with Crippen LogP contribution in [0.3, 0.4) is 0 Å². The number of hydrogen-bond acceptors (Lipinski definition) is 2. The van der Waals surface area contributed by atoms with Crippen LogP contribution >= 0.6 is 15.9 Å². The maximum atomic E-state index is 12.5. The molecule has 16 heavy (non-hydrogen) atoms. The van der Waals surface area contributed by atoms with Gasteiger partial charge in [0.15, 0.2) is 0 Å². The fourth-order valence-corrected chi connectivity index (χ4v) is 1.72. The van der Waals surface area contributed by atoms with E-state index in [0.717, 1.165) is 0 Å². The largest absolute Gasteiger partial charge is 0.433 e. The lowest BCUT2D eigenvalue weighted by Crippen LogP contribution is -2.14. The van der Waals surface area contributed by atoms with E-state index in [0.29, 0.717) is 6.07 Å². The van der Waals surface area contributed by atoms with Crippen LogP contribution in [0.15, 0.2) is 10.5 Å². The van der Waals surface area contributed by atoms with Gasteiger partial charge in [0.2, 0.25) is 0 Å². The van der Waals surface area contributed by atoms with Crippen LogP contribution < -0.4 is 5.73 Å². The Balaban J connectivity index is 3.38. The van der Waals surface area contributed by atoms with Crippen LogP contribution in [0, 0.1) is 0 Å². The molecule has 0 saturated carbocycles. The number of nitrogens with two attached hydrogens (primary N) is 1. The average molecular weight is 305 g/mol. The Kier molecular flexibility index (Phi) is 3.84. The zero-order chi connectivity index (χ0) is 12.5. The van der Waals surface area contributed by atoms with Crippen molar-refractivity contribution in [2.45, 2.75) is 19.1 Å². The van der Waals surface area contributed by atoms with E-state index < -0.39 is 36.1 Å². The Morgan fingerprint density at radius 2 is 1.94 bits per heavy atom. The molecule has 2 N–H and O–H groups in total. The summed E-state index contributed by atoms with van der Waals surface area (Å²) in [6.07, 6.45) is -7.62. The Bertz CT molecular complexity index is 391. The summed E-state index contributed by atoms with van der Waals surface area (Å²) in [6.45, 7) is -0.484. The van der Waals surface area contributed by atoms with Crippen LogP contribution in [0.2, 0.25) is 0 Å². The van der Waals surface area contributed by atoms with Crippen LogP contribution in [-0.2, 0) is 12.7 Å². The van der Waals surface area contributed by atoms with Crippen molar-refractivity contribution in [3.05, 3.63) is 27.5 Å². The standard InChI is InChI=1S/C8H6BrF5N2/c9-3-1-5(8(12,13)14)16-4(2-15)6(3)7(10)11/h1,7H,2,15H2. The highest BCUT2D eigenvalue weighted by atomic mass is 79.9. The van der Waals surface area contributed by atoms with Crippen molar-refractivity contribution in [3.8, 4) is 0 Å². The molecular formula is C8H6BrF5N2. The van der Waals surface area contributed by atoms with Crippen LogP contribution in [0.1, 0.15) is 23.4 Å². The van der Waals surface area contributed by atoms with Crippen LogP contribution in [0.25, 0.3) is 0 Å². The van der Waals surface area contributed by atoms with E-state index in [1.165, 1.54) is 0 Å². The molecule has 0 saturated heterocycles. The van der Waals surface area contributed by atoms with Crippen LogP contribution in [-0.4, -0.2) is 4.98 Å². The first-order valence-electron chi connectivity index (χ1n) is 4.02. The lowest BCUT2D eigenvalue weighted by atomic mass is 10.1. The van der Waals surface area contributed by atoms with Gasteiger partial charge in [-0.15, -0.1) is 0 Å². The second-order valence-electron chi connectivity index (χ2n) is 2.85. The normalized spacial score (nSPS) is 12.2. The molecule has 2 nitrogen and oxygen atoms in total. The number of nitrogens with zero attached hydrogens (tertiary/aromatic N) is 1. The molecule has 1 aromatic heterocycles. The van der Waals surface area contributed by atoms with Crippen LogP contribution in [0.5, 0.6) is 0 Å². The summed E-state index contributed by atoms with van der Waals surface area (Å²) in [5.74, 6) is 0. The molecule has 0 amide bonds. The van der Waals surface area contributed by atoms with E-state index in [1.54, 1.807) is 0 Å². The summed E-state index contributed by atoms with van der Waals surface area (Å²) in [5.41, 5.74) is 2.78. The van der Waals surface area contributed by atoms with Crippen molar-refractivity contribution >= 4 is 15.9 Å². The summed E-state index contributed by atoms with van der Waals surface area (Å²) < 4.78 is 61.6. The van der Waals surface area contributed by atoms with E-state index in [1.807, 2.05) is 0 Å². The van der Waals surface area contributed by atoms with Gasteiger partial charge >= 0.3 is 6.18 Å². The third-order valence-electron chi connectivity index (χ3n) is 1.79. The quantitative estimate of drug-likeness (QED) is 0.852. The zero-order valence-electron chi connectivity index (χ0n) is 7.65. The number of halogens is 6. The smallest absolute Gasteiger partial charge is 0.325 e. The minimum absolute atomic E-state index is 0.342. The summed E-state index contributed by atoms with van der Waals surface area (Å²) in [5, 5.41) is 0. The van der Waals surface area contributed by atoms with E-state index >= 15 is 0 Å². The van der Waals surface area contributed by atoms with Crippen molar-refractivity contribution in [1.29, 1.82) is 0 Å². The van der Waals surface area contributed by atoms with Gasteiger partial charge in [0.05, 0.1) is 11.3 Å². The molecule has 0 aliphatic carbocycles. The fourth-order valence-electron chi connectivity index (χ4n) is 1.10. The van der Waals surface area contributed by atoms with Crippen molar-refractivity contribution in [2.24, 2.45) is 5.73 Å². The van der Waals surface area contributed by atoms with E-state index in [4.69, 9.17) is 5.73 Å².